The molecule has 0 aliphatic rings. The van der Waals surface area contributed by atoms with Crippen molar-refractivity contribution in [2.45, 2.75) is 6.92 Å². The molecular formula is C15H14BrFN2O2. The van der Waals surface area contributed by atoms with Crippen LogP contribution in [0.3, 0.4) is 0 Å². The van der Waals surface area contributed by atoms with Crippen LogP contribution in [0.4, 0.5) is 15.8 Å². The number of halogens is 2. The lowest BCUT2D eigenvalue weighted by Gasteiger charge is -2.12. The minimum Gasteiger partial charge on any atom is -0.495 e. The van der Waals surface area contributed by atoms with Gasteiger partial charge >= 0.3 is 0 Å². The molecule has 0 atom stereocenters. The summed E-state index contributed by atoms with van der Waals surface area (Å²) >= 11 is 3.31. The second-order valence-corrected chi connectivity index (χ2v) is 5.41. The van der Waals surface area contributed by atoms with Gasteiger partial charge in [0.15, 0.2) is 0 Å². The second kappa shape index (κ2) is 6.13. The predicted octanol–water partition coefficient (Wildman–Crippen LogP) is 3.74. The summed E-state index contributed by atoms with van der Waals surface area (Å²) in [5.74, 6) is -0.692. The molecule has 0 heterocycles. The van der Waals surface area contributed by atoms with Crippen molar-refractivity contribution in [1.82, 2.24) is 0 Å². The van der Waals surface area contributed by atoms with E-state index in [-0.39, 0.29) is 5.56 Å². The highest BCUT2D eigenvalue weighted by molar-refractivity contribution is 9.10. The fourth-order valence-corrected chi connectivity index (χ4v) is 2.29. The van der Waals surface area contributed by atoms with Crippen molar-refractivity contribution >= 4 is 33.2 Å². The van der Waals surface area contributed by atoms with Gasteiger partial charge in [-0.3, -0.25) is 4.79 Å². The van der Waals surface area contributed by atoms with Crippen molar-refractivity contribution in [2.24, 2.45) is 0 Å². The van der Waals surface area contributed by atoms with Gasteiger partial charge in [-0.25, -0.2) is 4.39 Å². The Morgan fingerprint density at radius 2 is 2.05 bits per heavy atom. The van der Waals surface area contributed by atoms with Gasteiger partial charge in [0, 0.05) is 10.2 Å². The normalized spacial score (nSPS) is 10.3. The molecule has 0 bridgehead atoms. The highest BCUT2D eigenvalue weighted by atomic mass is 79.9. The van der Waals surface area contributed by atoms with E-state index in [0.717, 1.165) is 4.47 Å². The number of nitrogens with one attached hydrogen (secondary N) is 1. The average molecular weight is 353 g/mol. The molecule has 0 aromatic heterocycles. The zero-order valence-electron chi connectivity index (χ0n) is 11.5. The third-order valence-electron chi connectivity index (χ3n) is 2.93. The maximum absolute atomic E-state index is 14.0. The van der Waals surface area contributed by atoms with Crippen LogP contribution in [0.1, 0.15) is 15.9 Å². The molecule has 2 aromatic carbocycles. The van der Waals surface area contributed by atoms with E-state index in [0.29, 0.717) is 22.7 Å². The van der Waals surface area contributed by atoms with E-state index < -0.39 is 11.7 Å². The number of amides is 1. The molecule has 0 radical (unpaired) electrons. The first-order chi connectivity index (χ1) is 9.92. The third-order valence-corrected chi connectivity index (χ3v) is 3.42. The Morgan fingerprint density at radius 3 is 2.71 bits per heavy atom. The molecule has 0 saturated carbocycles. The maximum Gasteiger partial charge on any atom is 0.258 e. The summed E-state index contributed by atoms with van der Waals surface area (Å²) in [7, 11) is 1.49. The molecule has 0 saturated heterocycles. The van der Waals surface area contributed by atoms with Crippen molar-refractivity contribution in [1.29, 1.82) is 0 Å². The number of anilines is 2. The smallest absolute Gasteiger partial charge is 0.258 e. The number of aryl methyl sites for hydroxylation is 1. The zero-order valence-corrected chi connectivity index (χ0v) is 13.1. The lowest BCUT2D eigenvalue weighted by Crippen LogP contribution is -2.15. The fourth-order valence-electron chi connectivity index (χ4n) is 1.93. The first-order valence-electron chi connectivity index (χ1n) is 6.13. The van der Waals surface area contributed by atoms with E-state index in [4.69, 9.17) is 10.5 Å². The number of rotatable bonds is 3. The Labute approximate surface area is 130 Å². The second-order valence-electron chi connectivity index (χ2n) is 4.50. The van der Waals surface area contributed by atoms with Crippen LogP contribution < -0.4 is 15.8 Å². The van der Waals surface area contributed by atoms with Crippen molar-refractivity contribution in [3.63, 3.8) is 0 Å². The van der Waals surface area contributed by atoms with E-state index in [2.05, 4.69) is 21.2 Å². The van der Waals surface area contributed by atoms with Gasteiger partial charge in [-0.15, -0.1) is 0 Å². The third kappa shape index (κ3) is 3.33. The molecule has 0 spiro atoms. The average Bonchev–Trinajstić information content (AvgIpc) is 2.43. The van der Waals surface area contributed by atoms with Gasteiger partial charge in [0.05, 0.1) is 18.4 Å². The van der Waals surface area contributed by atoms with E-state index in [1.807, 2.05) is 0 Å². The standard InChI is InChI=1S/C15H14BrFN2O2/c1-8-5-10(18)7-11(14(8)17)15(20)19-12-6-9(16)3-4-13(12)21-2/h3-7H,18H2,1-2H3,(H,19,20). The molecule has 6 heteroatoms. The SMILES string of the molecule is COc1ccc(Br)cc1NC(=O)c1cc(N)cc(C)c1F. The molecule has 2 aromatic rings. The molecule has 0 aliphatic carbocycles. The van der Waals surface area contributed by atoms with E-state index >= 15 is 0 Å². The summed E-state index contributed by atoms with van der Waals surface area (Å²) in [6.07, 6.45) is 0. The summed E-state index contributed by atoms with van der Waals surface area (Å²) in [6, 6.07) is 7.93. The van der Waals surface area contributed by atoms with Crippen molar-refractivity contribution < 1.29 is 13.9 Å². The number of hydrogen-bond acceptors (Lipinski definition) is 3. The summed E-state index contributed by atoms with van der Waals surface area (Å²) in [5, 5.41) is 2.62. The largest absolute Gasteiger partial charge is 0.495 e. The van der Waals surface area contributed by atoms with Crippen LogP contribution in [-0.4, -0.2) is 13.0 Å². The molecule has 1 amide bonds. The van der Waals surface area contributed by atoms with Crippen LogP contribution in [0.15, 0.2) is 34.8 Å². The Hall–Kier alpha value is -2.08. The van der Waals surface area contributed by atoms with Gasteiger partial charge in [-0.2, -0.15) is 0 Å². The van der Waals surface area contributed by atoms with Crippen LogP contribution in [0, 0.1) is 12.7 Å². The van der Waals surface area contributed by atoms with Crippen LogP contribution in [0.5, 0.6) is 5.75 Å². The number of carbonyl (C=O) groups excluding carboxylic acids is 1. The summed E-state index contributed by atoms with van der Waals surface area (Å²) in [6.45, 7) is 1.56. The highest BCUT2D eigenvalue weighted by Crippen LogP contribution is 2.29. The van der Waals surface area contributed by atoms with Crippen LogP contribution in [-0.2, 0) is 0 Å². The van der Waals surface area contributed by atoms with E-state index in [1.165, 1.54) is 19.2 Å². The summed E-state index contributed by atoms with van der Waals surface area (Å²) < 4.78 is 20.0. The lowest BCUT2D eigenvalue weighted by molar-refractivity contribution is 0.102. The molecule has 4 nitrogen and oxygen atoms in total. The number of nitrogens with two attached hydrogens (primary N) is 1. The summed E-state index contributed by atoms with van der Waals surface area (Å²) in [4.78, 5) is 12.2. The van der Waals surface area contributed by atoms with Crippen LogP contribution >= 0.6 is 15.9 Å². The Morgan fingerprint density at radius 1 is 1.33 bits per heavy atom. The Kier molecular flexibility index (Phi) is 4.47. The van der Waals surface area contributed by atoms with E-state index in [9.17, 15) is 9.18 Å². The van der Waals surface area contributed by atoms with Crippen LogP contribution in [0.2, 0.25) is 0 Å². The Bertz CT molecular complexity index is 704. The van der Waals surface area contributed by atoms with Gasteiger partial charge in [0.1, 0.15) is 11.6 Å². The monoisotopic (exact) mass is 352 g/mol. The molecule has 2 rings (SSSR count). The molecule has 21 heavy (non-hydrogen) atoms. The highest BCUT2D eigenvalue weighted by Gasteiger charge is 2.16. The predicted molar refractivity (Wildman–Crippen MR) is 84.2 cm³/mol. The van der Waals surface area contributed by atoms with Gasteiger partial charge in [-0.1, -0.05) is 15.9 Å². The Balaban J connectivity index is 2.37. The number of ether oxygens (including phenoxy) is 1. The molecule has 0 fully saturated rings. The quantitative estimate of drug-likeness (QED) is 0.827. The van der Waals surface area contributed by atoms with Gasteiger partial charge in [0.2, 0.25) is 0 Å². The number of hydrogen-bond donors (Lipinski definition) is 2. The van der Waals surface area contributed by atoms with Crippen molar-refractivity contribution in [3.8, 4) is 5.75 Å². The minimum atomic E-state index is -0.587. The number of benzene rings is 2. The van der Waals surface area contributed by atoms with Gasteiger partial charge in [-0.05, 0) is 42.8 Å². The molecule has 3 N–H and O–H groups in total. The van der Waals surface area contributed by atoms with Crippen LogP contribution in [0.25, 0.3) is 0 Å². The molecule has 110 valence electrons. The number of carbonyl (C=O) groups is 1. The summed E-state index contributed by atoms with van der Waals surface area (Å²) in [5.41, 5.74) is 6.65. The molecule has 0 unspecified atom stereocenters. The first-order valence-corrected chi connectivity index (χ1v) is 6.92. The van der Waals surface area contributed by atoms with Gasteiger partial charge < -0.3 is 15.8 Å². The molecular weight excluding hydrogens is 339 g/mol. The van der Waals surface area contributed by atoms with Crippen molar-refractivity contribution in [3.05, 3.63) is 51.7 Å². The number of methoxy groups -OCH3 is 1. The topological polar surface area (TPSA) is 64.3 Å². The van der Waals surface area contributed by atoms with Crippen molar-refractivity contribution in [2.75, 3.05) is 18.2 Å². The zero-order chi connectivity index (χ0) is 15.6. The lowest BCUT2D eigenvalue weighted by atomic mass is 10.1. The molecule has 0 aliphatic heterocycles. The number of nitrogen functional groups attached to an aromatic ring is 1. The van der Waals surface area contributed by atoms with E-state index in [1.54, 1.807) is 25.1 Å². The fraction of sp³-hybridized carbons (Fsp3) is 0.133. The maximum atomic E-state index is 14.0. The first kappa shape index (κ1) is 15.3. The van der Waals surface area contributed by atoms with Gasteiger partial charge in [0.25, 0.3) is 5.91 Å². The minimum absolute atomic E-state index is 0.102.